The number of nitriles is 1. The molecule has 0 aliphatic heterocycles. The van der Waals surface area contributed by atoms with Crippen molar-refractivity contribution in [1.82, 2.24) is 4.98 Å². The Morgan fingerprint density at radius 3 is 2.60 bits per heavy atom. The number of nitrogens with one attached hydrogen (secondary N) is 1. The van der Waals surface area contributed by atoms with Crippen LogP contribution in [0.1, 0.15) is 59.6 Å². The number of hydrogen-bond acceptors (Lipinski definition) is 4. The van der Waals surface area contributed by atoms with Gasteiger partial charge < -0.3 is 5.32 Å². The largest absolute Gasteiger partial charge is 0.301 e. The van der Waals surface area contributed by atoms with Gasteiger partial charge in [0.2, 0.25) is 5.91 Å². The summed E-state index contributed by atoms with van der Waals surface area (Å²) in [5.74, 6) is 0.271. The Morgan fingerprint density at radius 1 is 1.10 bits per heavy atom. The minimum atomic E-state index is -0.141. The second-order valence-corrected chi connectivity index (χ2v) is 8.97. The third-order valence-electron chi connectivity index (χ3n) is 5.85. The second kappa shape index (κ2) is 9.69. The van der Waals surface area contributed by atoms with Gasteiger partial charge in [-0.3, -0.25) is 4.79 Å². The maximum Gasteiger partial charge on any atom is 0.233 e. The molecule has 1 unspecified atom stereocenters. The van der Waals surface area contributed by atoms with Gasteiger partial charge in [0.15, 0.2) is 5.13 Å². The molecule has 3 aromatic rings. The van der Waals surface area contributed by atoms with Gasteiger partial charge in [-0.2, -0.15) is 5.26 Å². The maximum atomic E-state index is 13.3. The molecule has 1 amide bonds. The number of thiazole rings is 1. The fraction of sp³-hybridized carbons (Fsp3) is 0.320. The molecule has 2 aromatic carbocycles. The van der Waals surface area contributed by atoms with Crippen LogP contribution in [0.5, 0.6) is 0 Å². The molecule has 1 aliphatic rings. The van der Waals surface area contributed by atoms with Gasteiger partial charge >= 0.3 is 0 Å². The van der Waals surface area contributed by atoms with E-state index in [0.29, 0.717) is 23.0 Å². The van der Waals surface area contributed by atoms with E-state index >= 15 is 0 Å². The monoisotopic (exact) mass is 415 g/mol. The number of anilines is 1. The molecule has 30 heavy (non-hydrogen) atoms. The van der Waals surface area contributed by atoms with Crippen molar-refractivity contribution >= 4 is 22.4 Å². The minimum Gasteiger partial charge on any atom is -0.301 e. The predicted octanol–water partition coefficient (Wildman–Crippen LogP) is 5.91. The van der Waals surface area contributed by atoms with E-state index in [9.17, 15) is 10.1 Å². The lowest BCUT2D eigenvalue weighted by molar-refractivity contribution is -0.119. The molecule has 1 atom stereocenters. The van der Waals surface area contributed by atoms with Crippen molar-refractivity contribution < 1.29 is 4.79 Å². The van der Waals surface area contributed by atoms with Crippen molar-refractivity contribution in [2.24, 2.45) is 5.92 Å². The van der Waals surface area contributed by atoms with Crippen LogP contribution in [-0.4, -0.2) is 10.9 Å². The molecule has 1 N–H and O–H groups in total. The predicted molar refractivity (Wildman–Crippen MR) is 120 cm³/mol. The molecule has 0 spiro atoms. The van der Waals surface area contributed by atoms with Crippen molar-refractivity contribution in [3.63, 3.8) is 0 Å². The average molecular weight is 416 g/mol. The Hall–Kier alpha value is -2.97. The van der Waals surface area contributed by atoms with Crippen LogP contribution in [-0.2, 0) is 11.2 Å². The number of nitrogens with zero attached hydrogens (tertiary/aromatic N) is 2. The summed E-state index contributed by atoms with van der Waals surface area (Å²) in [5.41, 5.74) is 2.74. The molecule has 1 fully saturated rings. The minimum absolute atomic E-state index is 0.0337. The van der Waals surface area contributed by atoms with Gasteiger partial charge in [-0.15, -0.1) is 11.3 Å². The zero-order valence-electron chi connectivity index (χ0n) is 16.9. The van der Waals surface area contributed by atoms with E-state index in [1.54, 1.807) is 6.20 Å². The van der Waals surface area contributed by atoms with Crippen LogP contribution in [0.25, 0.3) is 0 Å². The lowest BCUT2D eigenvalue weighted by atomic mass is 9.76. The van der Waals surface area contributed by atoms with Crippen molar-refractivity contribution in [2.75, 3.05) is 5.32 Å². The summed E-state index contributed by atoms with van der Waals surface area (Å²) in [5, 5.41) is 13.0. The van der Waals surface area contributed by atoms with Crippen LogP contribution < -0.4 is 5.32 Å². The molecule has 1 aliphatic carbocycles. The summed E-state index contributed by atoms with van der Waals surface area (Å²) in [4.78, 5) is 18.8. The first-order valence-electron chi connectivity index (χ1n) is 10.5. The number of rotatable bonds is 6. The normalized spacial score (nSPS) is 15.3. The Morgan fingerprint density at radius 2 is 1.83 bits per heavy atom. The molecular formula is C25H25N3OS. The van der Waals surface area contributed by atoms with E-state index < -0.39 is 0 Å². The fourth-order valence-corrected chi connectivity index (χ4v) is 5.21. The van der Waals surface area contributed by atoms with Crippen LogP contribution in [0.2, 0.25) is 0 Å². The molecule has 1 saturated carbocycles. The standard InChI is InChI=1S/C25H25N3OS/c26-16-21-14-8-7-13-20(21)15-22-17-27-25(30-22)28-24(29)23(18-9-3-1-4-10-18)19-11-5-2-6-12-19/h1,3-4,7-10,13-14,17,19,23H,2,5-6,11-12,15H2,(H,27,28,29). The molecule has 1 heterocycles. The molecule has 4 nitrogen and oxygen atoms in total. The van der Waals surface area contributed by atoms with E-state index in [-0.39, 0.29) is 11.8 Å². The highest BCUT2D eigenvalue weighted by molar-refractivity contribution is 7.15. The number of aromatic nitrogens is 1. The van der Waals surface area contributed by atoms with Gasteiger partial charge in [-0.1, -0.05) is 67.8 Å². The number of carbonyl (C=O) groups excluding carboxylic acids is 1. The summed E-state index contributed by atoms with van der Waals surface area (Å²) < 4.78 is 0. The number of amides is 1. The highest BCUT2D eigenvalue weighted by Crippen LogP contribution is 2.37. The first kappa shape index (κ1) is 20.3. The SMILES string of the molecule is N#Cc1ccccc1Cc1cnc(NC(=O)C(c2ccccc2)C2CCCCC2)s1. The van der Waals surface area contributed by atoms with Crippen LogP contribution in [0, 0.1) is 17.2 Å². The molecular weight excluding hydrogens is 390 g/mol. The van der Waals surface area contributed by atoms with Gasteiger partial charge in [0, 0.05) is 17.5 Å². The summed E-state index contributed by atoms with van der Waals surface area (Å²) >= 11 is 1.48. The first-order valence-corrected chi connectivity index (χ1v) is 11.3. The van der Waals surface area contributed by atoms with Gasteiger partial charge in [0.1, 0.15) is 0 Å². The van der Waals surface area contributed by atoms with Gasteiger partial charge in [-0.25, -0.2) is 4.98 Å². The van der Waals surface area contributed by atoms with Crippen LogP contribution in [0.4, 0.5) is 5.13 Å². The topological polar surface area (TPSA) is 65.8 Å². The van der Waals surface area contributed by atoms with Crippen LogP contribution in [0.15, 0.2) is 60.8 Å². The van der Waals surface area contributed by atoms with Crippen molar-refractivity contribution in [1.29, 1.82) is 5.26 Å². The highest BCUT2D eigenvalue weighted by atomic mass is 32.1. The second-order valence-electron chi connectivity index (χ2n) is 7.85. The number of carbonyl (C=O) groups is 1. The van der Waals surface area contributed by atoms with E-state index in [1.165, 1.54) is 30.6 Å². The summed E-state index contributed by atoms with van der Waals surface area (Å²) in [6.07, 6.45) is 8.29. The van der Waals surface area contributed by atoms with Gasteiger partial charge in [0.05, 0.1) is 17.6 Å². The summed E-state index contributed by atoms with van der Waals surface area (Å²) in [7, 11) is 0. The Kier molecular flexibility index (Phi) is 6.56. The van der Waals surface area contributed by atoms with Crippen LogP contribution >= 0.6 is 11.3 Å². The third kappa shape index (κ3) is 4.77. The molecule has 0 bridgehead atoms. The van der Waals surface area contributed by atoms with Gasteiger partial charge in [0.25, 0.3) is 0 Å². The number of hydrogen-bond donors (Lipinski definition) is 1. The summed E-state index contributed by atoms with van der Waals surface area (Å²) in [6, 6.07) is 20.0. The first-order chi connectivity index (χ1) is 14.7. The van der Waals surface area contributed by atoms with Crippen LogP contribution in [0.3, 0.4) is 0 Å². The lowest BCUT2D eigenvalue weighted by Crippen LogP contribution is -2.28. The third-order valence-corrected chi connectivity index (χ3v) is 6.76. The molecule has 0 radical (unpaired) electrons. The summed E-state index contributed by atoms with van der Waals surface area (Å²) in [6.45, 7) is 0. The van der Waals surface area contributed by atoms with Crippen molar-refractivity contribution in [3.8, 4) is 6.07 Å². The lowest BCUT2D eigenvalue weighted by Gasteiger charge is -2.29. The van der Waals surface area contributed by atoms with Crippen molar-refractivity contribution in [3.05, 3.63) is 82.4 Å². The molecule has 1 aromatic heterocycles. The highest BCUT2D eigenvalue weighted by Gasteiger charge is 2.31. The zero-order chi connectivity index (χ0) is 20.8. The Bertz CT molecular complexity index is 1030. The van der Waals surface area contributed by atoms with E-state index in [1.807, 2.05) is 42.5 Å². The average Bonchev–Trinajstić information content (AvgIpc) is 3.22. The molecule has 0 saturated heterocycles. The number of benzene rings is 2. The zero-order valence-corrected chi connectivity index (χ0v) is 17.7. The maximum absolute atomic E-state index is 13.3. The van der Waals surface area contributed by atoms with E-state index in [0.717, 1.165) is 28.8 Å². The van der Waals surface area contributed by atoms with Gasteiger partial charge in [-0.05, 0) is 36.0 Å². The van der Waals surface area contributed by atoms with E-state index in [4.69, 9.17) is 0 Å². The smallest absolute Gasteiger partial charge is 0.233 e. The van der Waals surface area contributed by atoms with E-state index in [2.05, 4.69) is 28.5 Å². The van der Waals surface area contributed by atoms with Crippen molar-refractivity contribution in [2.45, 2.75) is 44.4 Å². The molecule has 4 rings (SSSR count). The Balaban J connectivity index is 1.50. The molecule has 5 heteroatoms. The fourth-order valence-electron chi connectivity index (χ4n) is 4.37. The quantitative estimate of drug-likeness (QED) is 0.544. The Labute approximate surface area is 181 Å². The molecule has 152 valence electrons.